The molecule has 83 heavy (non-hydrogen) atoms. The number of aromatic nitrogens is 8. The molecule has 4 aliphatic rings. The number of rotatable bonds is 15. The summed E-state index contributed by atoms with van der Waals surface area (Å²) < 4.78 is 5.40. The van der Waals surface area contributed by atoms with Crippen molar-refractivity contribution in [3.05, 3.63) is 125 Å². The lowest BCUT2D eigenvalue weighted by Gasteiger charge is -2.47. The molecular weight excluding hydrogens is 1040 g/mol. The Morgan fingerprint density at radius 2 is 1.05 bits per heavy atom. The minimum atomic E-state index is -0.644. The minimum Gasteiger partial charge on any atom is -0.459 e. The molecule has 18 nitrogen and oxygen atoms in total. The summed E-state index contributed by atoms with van der Waals surface area (Å²) in [6, 6.07) is 14.8. The Morgan fingerprint density at radius 1 is 0.627 bits per heavy atom. The van der Waals surface area contributed by atoms with Gasteiger partial charge in [0.25, 0.3) is 17.7 Å². The molecule has 2 saturated carbocycles. The summed E-state index contributed by atoms with van der Waals surface area (Å²) in [7, 11) is 0. The fourth-order valence-electron chi connectivity index (χ4n) is 12.4. The molecule has 18 heteroatoms. The van der Waals surface area contributed by atoms with Crippen molar-refractivity contribution in [1.82, 2.24) is 55.7 Å². The number of aromatic amines is 1. The van der Waals surface area contributed by atoms with E-state index >= 15 is 0 Å². The van der Waals surface area contributed by atoms with Gasteiger partial charge in [0.1, 0.15) is 22.7 Å². The number of tetrazole rings is 1. The van der Waals surface area contributed by atoms with Gasteiger partial charge in [-0.3, -0.25) is 34.3 Å². The third-order valence-corrected chi connectivity index (χ3v) is 17.2. The van der Waals surface area contributed by atoms with Crippen molar-refractivity contribution in [3.63, 3.8) is 0 Å². The monoisotopic (exact) mass is 1130 g/mol. The topological polar surface area (TPSA) is 227 Å². The average Bonchev–Trinajstić information content (AvgIpc) is 1.94. The Labute approximate surface area is 491 Å². The zero-order valence-electron chi connectivity index (χ0n) is 51.6. The van der Waals surface area contributed by atoms with E-state index < -0.39 is 11.3 Å². The first-order valence-corrected chi connectivity index (χ1v) is 29.9. The number of benzene rings is 2. The van der Waals surface area contributed by atoms with Gasteiger partial charge >= 0.3 is 5.97 Å². The Kier molecular flexibility index (Phi) is 18.7. The summed E-state index contributed by atoms with van der Waals surface area (Å²) in [6.45, 7) is 31.0. The minimum absolute atomic E-state index is 0.0711. The predicted octanol–water partition coefficient (Wildman–Crippen LogP) is 12.2. The Balaban J connectivity index is 0.000000217. The number of esters is 1. The van der Waals surface area contributed by atoms with Gasteiger partial charge in [-0.05, 0) is 160 Å². The van der Waals surface area contributed by atoms with Crippen LogP contribution in [0.25, 0.3) is 0 Å². The van der Waals surface area contributed by atoms with Crippen LogP contribution in [0.4, 0.5) is 0 Å². The second-order valence-electron chi connectivity index (χ2n) is 28.1. The third-order valence-electron chi connectivity index (χ3n) is 17.2. The van der Waals surface area contributed by atoms with Crippen molar-refractivity contribution in [2.45, 2.75) is 210 Å². The number of amides is 3. The molecule has 0 bridgehead atoms. The number of H-pyrrole nitrogens is 1. The summed E-state index contributed by atoms with van der Waals surface area (Å²) in [5.74, 6) is 0.784. The summed E-state index contributed by atoms with van der Waals surface area (Å²) >= 11 is 0. The lowest BCUT2D eigenvalue weighted by Crippen LogP contribution is -2.51. The summed E-state index contributed by atoms with van der Waals surface area (Å²) in [5, 5.41) is 16.5. The molecule has 2 spiro atoms. The highest BCUT2D eigenvalue weighted by atomic mass is 16.5. The van der Waals surface area contributed by atoms with Gasteiger partial charge in [0.05, 0.1) is 42.7 Å². The van der Waals surface area contributed by atoms with Crippen LogP contribution in [0.2, 0.25) is 0 Å². The smallest absolute Gasteiger partial charge is 0.338 e. The van der Waals surface area contributed by atoms with Gasteiger partial charge in [0.2, 0.25) is 0 Å². The Bertz CT molecular complexity index is 3060. The van der Waals surface area contributed by atoms with Gasteiger partial charge in [-0.25, -0.2) is 14.8 Å². The van der Waals surface area contributed by atoms with Crippen molar-refractivity contribution in [1.29, 1.82) is 0 Å². The molecule has 2 N–H and O–H groups in total. The van der Waals surface area contributed by atoms with Gasteiger partial charge in [-0.2, -0.15) is 5.21 Å². The number of hydrogen-bond acceptors (Lipinski definition) is 14. The number of hydrogen-bond donors (Lipinski definition) is 2. The first-order valence-electron chi connectivity index (χ1n) is 29.9. The maximum Gasteiger partial charge on any atom is 0.338 e. The maximum atomic E-state index is 14.4. The third kappa shape index (κ3) is 15.0. The maximum absolute atomic E-state index is 14.4. The van der Waals surface area contributed by atoms with E-state index in [4.69, 9.17) is 14.7 Å². The van der Waals surface area contributed by atoms with Crippen molar-refractivity contribution >= 4 is 35.1 Å². The van der Waals surface area contributed by atoms with E-state index in [9.17, 15) is 19.2 Å². The molecule has 2 atom stereocenters. The zero-order valence-corrected chi connectivity index (χ0v) is 51.6. The molecule has 5 heterocycles. The lowest BCUT2D eigenvalue weighted by molar-refractivity contribution is -0.134. The highest BCUT2D eigenvalue weighted by molar-refractivity contribution is 6.46. The molecule has 2 aliphatic heterocycles. The van der Waals surface area contributed by atoms with Gasteiger partial charge in [0, 0.05) is 30.4 Å². The van der Waals surface area contributed by atoms with E-state index in [2.05, 4.69) is 134 Å². The van der Waals surface area contributed by atoms with Crippen molar-refractivity contribution in [2.24, 2.45) is 43.5 Å². The normalized spacial score (nSPS) is 22.1. The second kappa shape index (κ2) is 25.0. The van der Waals surface area contributed by atoms with E-state index in [0.717, 1.165) is 88.2 Å². The fraction of sp³-hybridized carbons (Fsp3) is 0.585. The van der Waals surface area contributed by atoms with E-state index in [-0.39, 0.29) is 70.1 Å². The van der Waals surface area contributed by atoms with Gasteiger partial charge in [-0.1, -0.05) is 113 Å². The number of aliphatic imine (C=N–C) groups is 2. The number of carbonyl (C=O) groups is 4. The quantitative estimate of drug-likeness (QED) is 0.0933. The fourth-order valence-corrected chi connectivity index (χ4v) is 12.4. The predicted molar refractivity (Wildman–Crippen MR) is 321 cm³/mol. The van der Waals surface area contributed by atoms with Gasteiger partial charge in [0.15, 0.2) is 17.2 Å². The number of nitrogens with one attached hydrogen (secondary N) is 2. The van der Waals surface area contributed by atoms with Crippen LogP contribution in [-0.4, -0.2) is 103 Å². The van der Waals surface area contributed by atoms with Crippen LogP contribution in [0.15, 0.2) is 95.7 Å². The van der Waals surface area contributed by atoms with Crippen molar-refractivity contribution in [2.75, 3.05) is 0 Å². The molecule has 2 fully saturated rings. The molecule has 3 aromatic heterocycles. The lowest BCUT2D eigenvalue weighted by atomic mass is 9.69. The summed E-state index contributed by atoms with van der Waals surface area (Å²) in [4.78, 5) is 86.1. The van der Waals surface area contributed by atoms with Crippen LogP contribution in [0.3, 0.4) is 0 Å². The highest BCUT2D eigenvalue weighted by Crippen LogP contribution is 2.52. The second-order valence-corrected chi connectivity index (χ2v) is 28.1. The first kappa shape index (κ1) is 61.9. The van der Waals surface area contributed by atoms with Crippen LogP contribution in [0, 0.1) is 33.5 Å². The average molecular weight is 1130 g/mol. The van der Waals surface area contributed by atoms with Crippen LogP contribution < -0.4 is 5.32 Å². The summed E-state index contributed by atoms with van der Waals surface area (Å²) in [5.41, 5.74) is 4.14. The molecule has 3 amide bonds. The number of carbonyl (C=O) groups excluding carboxylic acids is 4. The van der Waals surface area contributed by atoms with E-state index in [1.165, 1.54) is 0 Å². The molecule has 2 aliphatic carbocycles. The van der Waals surface area contributed by atoms with Gasteiger partial charge < -0.3 is 19.9 Å². The molecule has 444 valence electrons. The first-order chi connectivity index (χ1) is 39.1. The standard InChI is InChI=1S/C33H46N4O3.C32H43N9O2/c1-22(2)40-30(39)24-11-9-23(10-12-24)27(15-16-31(3,4)5)37-29(38)28(26-21-34-19-20-35-26)36-33(37)17-13-25(14-18-33)32(6,7)8;1-30(2,3)14-13-25(21-7-9-22(10-8-21)28(42)35-20-26-37-39-40-38-26)41-29(43)27(24-19-33-17-18-34-24)36-32(41)15-11-23(12-16-32)31(4,5)6/h9-12,19-22,25,27H,13-18H2,1-8H3;7-10,17-19,23,25H,11-16,20H2,1-6H3,(H,35,42)(H,37,38,39,40)/t25?,27-,33?;23?,25-,32?/m11/s1. The molecule has 9 rings (SSSR count). The molecule has 0 saturated heterocycles. The molecule has 2 aromatic carbocycles. The molecule has 0 unspecified atom stereocenters. The molecule has 5 aromatic rings. The SMILES string of the molecule is CC(C)(C)CC[C@H](c1ccc(C(=O)NCc2nn[nH]n2)cc1)N1C(=O)C(c2cnccn2)=NC12CCC(C(C)(C)C)CC2.CC(C)OC(=O)c1ccc([C@@H](CCC(C)(C)C)N2C(=O)C(c3cnccn3)=NC23CCC(C(C)(C)C)CC3)cc1. The van der Waals surface area contributed by atoms with E-state index in [1.54, 1.807) is 37.2 Å². The van der Waals surface area contributed by atoms with E-state index in [1.807, 2.05) is 67.3 Å². The van der Waals surface area contributed by atoms with Crippen LogP contribution in [-0.2, 0) is 20.9 Å². The zero-order chi connectivity index (χ0) is 60.1. The molecule has 0 radical (unpaired) electrons. The van der Waals surface area contributed by atoms with Crippen molar-refractivity contribution in [3.8, 4) is 0 Å². The Hall–Kier alpha value is -7.11. The molecular formula is C65H89N13O5. The largest absolute Gasteiger partial charge is 0.459 e. The summed E-state index contributed by atoms with van der Waals surface area (Å²) in [6.07, 6.45) is 20.2. The van der Waals surface area contributed by atoms with Gasteiger partial charge in [-0.15, -0.1) is 10.2 Å². The number of ether oxygens (including phenoxy) is 1. The van der Waals surface area contributed by atoms with Crippen LogP contribution >= 0.6 is 0 Å². The Morgan fingerprint density at radius 3 is 1.40 bits per heavy atom. The van der Waals surface area contributed by atoms with E-state index in [0.29, 0.717) is 51.6 Å². The highest BCUT2D eigenvalue weighted by Gasteiger charge is 2.55. The number of nitrogens with zero attached hydrogens (tertiary/aromatic N) is 11. The van der Waals surface area contributed by atoms with Crippen LogP contribution in [0.1, 0.15) is 235 Å². The van der Waals surface area contributed by atoms with Crippen molar-refractivity contribution < 1.29 is 23.9 Å². The van der Waals surface area contributed by atoms with Crippen LogP contribution in [0.5, 0.6) is 0 Å².